The van der Waals surface area contributed by atoms with Crippen molar-refractivity contribution in [1.29, 1.82) is 0 Å². The molecule has 8 heteroatoms. The van der Waals surface area contributed by atoms with Crippen LogP contribution in [0.5, 0.6) is 0 Å². The van der Waals surface area contributed by atoms with E-state index in [-0.39, 0.29) is 0 Å². The van der Waals surface area contributed by atoms with Crippen molar-refractivity contribution in [3.05, 3.63) is 5.82 Å². The second kappa shape index (κ2) is 5.61. The Morgan fingerprint density at radius 1 is 1.44 bits per heavy atom. The summed E-state index contributed by atoms with van der Waals surface area (Å²) in [6.07, 6.45) is -1.53. The molecule has 2 heterocycles. The van der Waals surface area contributed by atoms with Gasteiger partial charge in [0.2, 0.25) is 11.0 Å². The molecule has 1 aromatic heterocycles. The zero-order valence-electron chi connectivity index (χ0n) is 9.58. The van der Waals surface area contributed by atoms with Crippen molar-refractivity contribution in [2.75, 3.05) is 23.9 Å². The molecular formula is C10H13ClF3N3S. The Kier molecular flexibility index (Phi) is 4.32. The minimum absolute atomic E-state index is 0.363. The van der Waals surface area contributed by atoms with Crippen molar-refractivity contribution in [2.24, 2.45) is 5.92 Å². The molecule has 1 aliphatic heterocycles. The summed E-state index contributed by atoms with van der Waals surface area (Å²) in [7, 11) is 0. The van der Waals surface area contributed by atoms with Crippen LogP contribution >= 0.6 is 23.1 Å². The lowest BCUT2D eigenvalue weighted by Gasteiger charge is -2.31. The van der Waals surface area contributed by atoms with Gasteiger partial charge >= 0.3 is 6.18 Å². The van der Waals surface area contributed by atoms with Gasteiger partial charge in [-0.15, -0.1) is 11.6 Å². The molecule has 0 saturated carbocycles. The van der Waals surface area contributed by atoms with Gasteiger partial charge in [0, 0.05) is 30.5 Å². The first-order valence-electron chi connectivity index (χ1n) is 5.72. The molecule has 0 aliphatic carbocycles. The standard InChI is InChI=1S/C10H13ClF3N3S/c11-4-3-7-2-1-5-17(6-7)9-15-8(16-18-9)10(12,13)14/h7H,1-6H2. The van der Waals surface area contributed by atoms with Gasteiger partial charge < -0.3 is 4.90 Å². The summed E-state index contributed by atoms with van der Waals surface area (Å²) in [6, 6.07) is 0. The number of hydrogen-bond acceptors (Lipinski definition) is 4. The first kappa shape index (κ1) is 13.9. The molecule has 1 aromatic rings. The molecule has 2 rings (SSSR count). The van der Waals surface area contributed by atoms with Crippen LogP contribution in [0.15, 0.2) is 0 Å². The summed E-state index contributed by atoms with van der Waals surface area (Å²) in [5, 5.41) is 0.363. The highest BCUT2D eigenvalue weighted by Crippen LogP contribution is 2.32. The van der Waals surface area contributed by atoms with E-state index in [1.807, 2.05) is 4.90 Å². The Hall–Kier alpha value is -0.560. The largest absolute Gasteiger partial charge is 0.452 e. The molecule has 0 spiro atoms. The first-order chi connectivity index (χ1) is 8.50. The molecule has 1 fully saturated rings. The molecule has 18 heavy (non-hydrogen) atoms. The van der Waals surface area contributed by atoms with Gasteiger partial charge in [-0.3, -0.25) is 0 Å². The van der Waals surface area contributed by atoms with Gasteiger partial charge in [0.15, 0.2) is 0 Å². The van der Waals surface area contributed by atoms with Gasteiger partial charge in [-0.05, 0) is 25.2 Å². The second-order valence-corrected chi connectivity index (χ2v) is 5.44. The van der Waals surface area contributed by atoms with Crippen LogP contribution in [0.3, 0.4) is 0 Å². The van der Waals surface area contributed by atoms with Crippen LogP contribution in [0.25, 0.3) is 0 Å². The molecule has 0 amide bonds. The molecule has 0 N–H and O–H groups in total. The van der Waals surface area contributed by atoms with Gasteiger partial charge in [0.05, 0.1) is 0 Å². The molecule has 0 radical (unpaired) electrons. The minimum atomic E-state index is -4.46. The summed E-state index contributed by atoms with van der Waals surface area (Å²) in [6.45, 7) is 1.46. The number of aromatic nitrogens is 2. The quantitative estimate of drug-likeness (QED) is 0.801. The van der Waals surface area contributed by atoms with Gasteiger partial charge in [0.1, 0.15) is 0 Å². The van der Waals surface area contributed by atoms with E-state index in [4.69, 9.17) is 11.6 Å². The fraction of sp³-hybridized carbons (Fsp3) is 0.800. The molecule has 1 unspecified atom stereocenters. The van der Waals surface area contributed by atoms with Crippen LogP contribution in [0, 0.1) is 5.92 Å². The van der Waals surface area contributed by atoms with E-state index in [0.717, 1.165) is 43.9 Å². The number of nitrogens with zero attached hydrogens (tertiary/aromatic N) is 3. The molecule has 0 bridgehead atoms. The van der Waals surface area contributed by atoms with E-state index in [1.165, 1.54) is 0 Å². The lowest BCUT2D eigenvalue weighted by atomic mass is 9.96. The third kappa shape index (κ3) is 3.26. The van der Waals surface area contributed by atoms with Crippen LogP contribution in [-0.4, -0.2) is 28.3 Å². The number of halogens is 4. The van der Waals surface area contributed by atoms with Gasteiger partial charge in [0.25, 0.3) is 0 Å². The number of piperidine rings is 1. The third-order valence-corrected chi connectivity index (χ3v) is 3.97. The monoisotopic (exact) mass is 299 g/mol. The van der Waals surface area contributed by atoms with E-state index >= 15 is 0 Å². The number of anilines is 1. The molecule has 0 aromatic carbocycles. The number of alkyl halides is 4. The van der Waals surface area contributed by atoms with Crippen LogP contribution in [0.1, 0.15) is 25.1 Å². The summed E-state index contributed by atoms with van der Waals surface area (Å²) in [4.78, 5) is 5.46. The Balaban J connectivity index is 2.05. The van der Waals surface area contributed by atoms with Crippen LogP contribution in [-0.2, 0) is 6.18 Å². The minimum Gasteiger partial charge on any atom is -0.347 e. The van der Waals surface area contributed by atoms with E-state index in [1.54, 1.807) is 0 Å². The topological polar surface area (TPSA) is 29.0 Å². The van der Waals surface area contributed by atoms with Crippen molar-refractivity contribution in [3.63, 3.8) is 0 Å². The Bertz CT molecular complexity index is 394. The Morgan fingerprint density at radius 3 is 2.83 bits per heavy atom. The van der Waals surface area contributed by atoms with Crippen molar-refractivity contribution in [2.45, 2.75) is 25.4 Å². The van der Waals surface area contributed by atoms with Crippen molar-refractivity contribution in [3.8, 4) is 0 Å². The van der Waals surface area contributed by atoms with Crippen molar-refractivity contribution < 1.29 is 13.2 Å². The lowest BCUT2D eigenvalue weighted by molar-refractivity contribution is -0.144. The van der Waals surface area contributed by atoms with Crippen LogP contribution in [0.4, 0.5) is 18.3 Å². The van der Waals surface area contributed by atoms with Crippen molar-refractivity contribution in [1.82, 2.24) is 9.36 Å². The predicted octanol–water partition coefficient (Wildman–Crippen LogP) is 3.40. The van der Waals surface area contributed by atoms with E-state index < -0.39 is 12.0 Å². The Morgan fingerprint density at radius 2 is 2.22 bits per heavy atom. The highest BCUT2D eigenvalue weighted by molar-refractivity contribution is 7.09. The molecule has 3 nitrogen and oxygen atoms in total. The highest BCUT2D eigenvalue weighted by Gasteiger charge is 2.37. The fourth-order valence-electron chi connectivity index (χ4n) is 2.09. The molecule has 1 aliphatic rings. The smallest absolute Gasteiger partial charge is 0.347 e. The summed E-state index contributed by atoms with van der Waals surface area (Å²) in [5.41, 5.74) is 0. The number of hydrogen-bond donors (Lipinski definition) is 0. The summed E-state index contributed by atoms with van der Waals surface area (Å²) < 4.78 is 40.6. The zero-order chi connectivity index (χ0) is 13.2. The van der Waals surface area contributed by atoms with Gasteiger partial charge in [-0.1, -0.05) is 0 Å². The van der Waals surface area contributed by atoms with E-state index in [9.17, 15) is 13.2 Å². The summed E-state index contributed by atoms with van der Waals surface area (Å²) >= 11 is 6.51. The maximum atomic E-state index is 12.4. The fourth-order valence-corrected chi connectivity index (χ4v) is 3.12. The van der Waals surface area contributed by atoms with Gasteiger partial charge in [-0.25, -0.2) is 0 Å². The highest BCUT2D eigenvalue weighted by atomic mass is 35.5. The Labute approximate surface area is 112 Å². The van der Waals surface area contributed by atoms with E-state index in [2.05, 4.69) is 9.36 Å². The summed E-state index contributed by atoms with van der Waals surface area (Å²) in [5.74, 6) is -0.0148. The van der Waals surface area contributed by atoms with Crippen LogP contribution in [0.2, 0.25) is 0 Å². The molecule has 1 saturated heterocycles. The molecule has 1 atom stereocenters. The maximum absolute atomic E-state index is 12.4. The van der Waals surface area contributed by atoms with E-state index in [0.29, 0.717) is 16.9 Å². The maximum Gasteiger partial charge on any atom is 0.452 e. The predicted molar refractivity (Wildman–Crippen MR) is 65.2 cm³/mol. The SMILES string of the molecule is FC(F)(F)c1nsc(N2CCCC(CCCl)C2)n1. The lowest BCUT2D eigenvalue weighted by Crippen LogP contribution is -2.35. The molecule has 102 valence electrons. The van der Waals surface area contributed by atoms with Crippen LogP contribution < -0.4 is 4.90 Å². The third-order valence-electron chi connectivity index (χ3n) is 2.98. The number of rotatable bonds is 3. The zero-order valence-corrected chi connectivity index (χ0v) is 11.2. The second-order valence-electron chi connectivity index (χ2n) is 4.33. The normalized spacial score (nSPS) is 21.3. The first-order valence-corrected chi connectivity index (χ1v) is 7.03. The average Bonchev–Trinajstić information content (AvgIpc) is 2.78. The van der Waals surface area contributed by atoms with Crippen molar-refractivity contribution >= 4 is 28.3 Å². The average molecular weight is 300 g/mol. The molecular weight excluding hydrogens is 287 g/mol. The van der Waals surface area contributed by atoms with Gasteiger partial charge in [-0.2, -0.15) is 22.5 Å².